The molecule has 0 radical (unpaired) electrons. The molecule has 2 rings (SSSR count). The summed E-state index contributed by atoms with van der Waals surface area (Å²) in [6, 6.07) is 0. The molecule has 0 amide bonds. The zero-order chi connectivity index (χ0) is 29.8. The third-order valence-electron chi connectivity index (χ3n) is 8.24. The van der Waals surface area contributed by atoms with E-state index in [1.165, 1.54) is 30.7 Å². The zero-order valence-electron chi connectivity index (χ0n) is 26.1. The van der Waals surface area contributed by atoms with Gasteiger partial charge in [-0.05, 0) is 76.0 Å². The molecule has 0 spiro atoms. The van der Waals surface area contributed by atoms with E-state index in [9.17, 15) is 19.8 Å². The Hall–Kier alpha value is -2.42. The Kier molecular flexibility index (Phi) is 13.6. The highest BCUT2D eigenvalue weighted by atomic mass is 16.5. The molecule has 0 atom stereocenters. The SMILES string of the molecule is CCn1cc(O)n(CCCCC(C)(C)CCCCOCCCCC(C)(C)CCCn2c(O)cn(CC)c2=O)c1=O. The predicted octanol–water partition coefficient (Wildman–Crippen LogP) is 6.12. The van der Waals surface area contributed by atoms with Gasteiger partial charge in [0, 0.05) is 39.4 Å². The molecule has 2 heterocycles. The minimum Gasteiger partial charge on any atom is -0.493 e. The smallest absolute Gasteiger partial charge is 0.331 e. The number of aromatic nitrogens is 4. The average molecular weight is 565 g/mol. The van der Waals surface area contributed by atoms with Crippen LogP contribution in [0.1, 0.15) is 112 Å². The molecule has 0 saturated carbocycles. The number of rotatable bonds is 21. The predicted molar refractivity (Wildman–Crippen MR) is 161 cm³/mol. The van der Waals surface area contributed by atoms with Crippen molar-refractivity contribution in [3.8, 4) is 11.8 Å². The Morgan fingerprint density at radius 1 is 0.625 bits per heavy atom. The van der Waals surface area contributed by atoms with Gasteiger partial charge in [0.2, 0.25) is 11.8 Å². The molecule has 0 fully saturated rings. The van der Waals surface area contributed by atoms with Gasteiger partial charge < -0.3 is 14.9 Å². The first-order chi connectivity index (χ1) is 18.9. The number of hydrogen-bond acceptors (Lipinski definition) is 5. The fraction of sp³-hybridized carbons (Fsp3) is 0.806. The summed E-state index contributed by atoms with van der Waals surface area (Å²) >= 11 is 0. The summed E-state index contributed by atoms with van der Waals surface area (Å²) in [6.07, 6.45) is 14.7. The molecule has 0 bridgehead atoms. The fourth-order valence-electron chi connectivity index (χ4n) is 5.46. The number of nitrogens with zero attached hydrogens (tertiary/aromatic N) is 4. The monoisotopic (exact) mass is 564 g/mol. The normalized spacial score (nSPS) is 12.4. The molecule has 2 aromatic rings. The Labute approximate surface area is 240 Å². The molecule has 0 aliphatic heterocycles. The molecule has 0 aliphatic rings. The summed E-state index contributed by atoms with van der Waals surface area (Å²) in [6.45, 7) is 16.9. The van der Waals surface area contributed by atoms with E-state index in [1.54, 1.807) is 0 Å². The van der Waals surface area contributed by atoms with Gasteiger partial charge in [-0.3, -0.25) is 18.3 Å². The number of hydrogen-bond donors (Lipinski definition) is 2. The van der Waals surface area contributed by atoms with Gasteiger partial charge >= 0.3 is 11.4 Å². The molecule has 2 aromatic heterocycles. The molecule has 0 aromatic carbocycles. The van der Waals surface area contributed by atoms with Crippen molar-refractivity contribution in [2.75, 3.05) is 13.2 Å². The number of ether oxygens (including phenoxy) is 1. The van der Waals surface area contributed by atoms with Crippen LogP contribution in [-0.4, -0.2) is 41.7 Å². The first-order valence-corrected chi connectivity index (χ1v) is 15.5. The van der Waals surface area contributed by atoms with E-state index in [2.05, 4.69) is 27.7 Å². The molecule has 2 N–H and O–H groups in total. The van der Waals surface area contributed by atoms with Crippen molar-refractivity contribution in [3.05, 3.63) is 33.4 Å². The number of aryl methyl sites for hydroxylation is 2. The van der Waals surface area contributed by atoms with Crippen LogP contribution >= 0.6 is 0 Å². The first-order valence-electron chi connectivity index (χ1n) is 15.5. The van der Waals surface area contributed by atoms with Crippen LogP contribution < -0.4 is 11.4 Å². The van der Waals surface area contributed by atoms with Crippen molar-refractivity contribution in [2.24, 2.45) is 10.8 Å². The lowest BCUT2D eigenvalue weighted by Gasteiger charge is -2.25. The largest absolute Gasteiger partial charge is 0.493 e. The molecule has 0 aliphatic carbocycles. The average Bonchev–Trinajstić information content (AvgIpc) is 3.33. The summed E-state index contributed by atoms with van der Waals surface area (Å²) < 4.78 is 11.9. The van der Waals surface area contributed by atoms with Crippen molar-refractivity contribution in [1.29, 1.82) is 0 Å². The van der Waals surface area contributed by atoms with Crippen LogP contribution in [0.5, 0.6) is 11.8 Å². The van der Waals surface area contributed by atoms with Crippen LogP contribution in [-0.2, 0) is 30.9 Å². The third kappa shape index (κ3) is 10.9. The highest BCUT2D eigenvalue weighted by molar-refractivity contribution is 5.05. The lowest BCUT2D eigenvalue weighted by atomic mass is 9.82. The Morgan fingerprint density at radius 3 is 1.40 bits per heavy atom. The van der Waals surface area contributed by atoms with E-state index in [0.717, 1.165) is 83.8 Å². The molecule has 0 unspecified atom stereocenters. The minimum absolute atomic E-state index is 0.0560. The van der Waals surface area contributed by atoms with Crippen LogP contribution in [0.25, 0.3) is 0 Å². The summed E-state index contributed by atoms with van der Waals surface area (Å²) in [7, 11) is 0. The summed E-state index contributed by atoms with van der Waals surface area (Å²) in [5.41, 5.74) is 0.210. The van der Waals surface area contributed by atoms with Gasteiger partial charge in [-0.1, -0.05) is 47.0 Å². The summed E-state index contributed by atoms with van der Waals surface area (Å²) in [5.74, 6) is 0.116. The van der Waals surface area contributed by atoms with E-state index in [1.807, 2.05) is 13.8 Å². The van der Waals surface area contributed by atoms with Crippen molar-refractivity contribution >= 4 is 0 Å². The van der Waals surface area contributed by atoms with Crippen LogP contribution in [0.4, 0.5) is 0 Å². The second kappa shape index (κ2) is 16.1. The van der Waals surface area contributed by atoms with E-state index in [0.29, 0.717) is 26.2 Å². The molecule has 230 valence electrons. The topological polar surface area (TPSA) is 104 Å². The molecule has 9 nitrogen and oxygen atoms in total. The molecule has 9 heteroatoms. The second-order valence-electron chi connectivity index (χ2n) is 12.8. The van der Waals surface area contributed by atoms with Gasteiger partial charge in [0.05, 0.1) is 12.4 Å². The lowest BCUT2D eigenvalue weighted by Crippen LogP contribution is -2.24. The maximum atomic E-state index is 12.2. The third-order valence-corrected chi connectivity index (χ3v) is 8.24. The van der Waals surface area contributed by atoms with Gasteiger partial charge in [0.1, 0.15) is 0 Å². The summed E-state index contributed by atoms with van der Waals surface area (Å²) in [4.78, 5) is 24.4. The zero-order valence-corrected chi connectivity index (χ0v) is 26.1. The summed E-state index contributed by atoms with van der Waals surface area (Å²) in [5, 5.41) is 20.0. The van der Waals surface area contributed by atoms with Gasteiger partial charge in [0.25, 0.3) is 0 Å². The second-order valence-corrected chi connectivity index (χ2v) is 12.8. The van der Waals surface area contributed by atoms with Crippen LogP contribution in [0.3, 0.4) is 0 Å². The molecule has 40 heavy (non-hydrogen) atoms. The van der Waals surface area contributed by atoms with Crippen LogP contribution in [0, 0.1) is 10.8 Å². The van der Waals surface area contributed by atoms with Crippen molar-refractivity contribution in [3.63, 3.8) is 0 Å². The highest BCUT2D eigenvalue weighted by Gasteiger charge is 2.19. The first kappa shape index (κ1) is 33.8. The van der Waals surface area contributed by atoms with Crippen molar-refractivity contribution in [2.45, 2.75) is 138 Å². The standard InChI is InChI=1S/C31H56N4O5/c1-7-32-24-26(36)34(28(32)38)20-12-9-16-30(3,4)17-10-13-22-40-23-14-11-18-31(5,6)19-15-21-35-27(37)25-33(8-2)29(35)39/h24-25,36-37H,7-23H2,1-6H3. The van der Waals surface area contributed by atoms with Crippen LogP contribution in [0.15, 0.2) is 22.0 Å². The van der Waals surface area contributed by atoms with Gasteiger partial charge in [0.15, 0.2) is 0 Å². The maximum absolute atomic E-state index is 12.2. The Morgan fingerprint density at radius 2 is 1.00 bits per heavy atom. The van der Waals surface area contributed by atoms with Gasteiger partial charge in [-0.15, -0.1) is 0 Å². The lowest BCUT2D eigenvalue weighted by molar-refractivity contribution is 0.119. The quantitative estimate of drug-likeness (QED) is 0.178. The van der Waals surface area contributed by atoms with E-state index >= 15 is 0 Å². The number of imidazole rings is 2. The van der Waals surface area contributed by atoms with Crippen LogP contribution in [0.2, 0.25) is 0 Å². The molecular formula is C31H56N4O5. The van der Waals surface area contributed by atoms with E-state index in [4.69, 9.17) is 4.74 Å². The minimum atomic E-state index is -0.131. The number of aromatic hydroxyl groups is 2. The maximum Gasteiger partial charge on any atom is 0.331 e. The van der Waals surface area contributed by atoms with E-state index < -0.39 is 0 Å². The van der Waals surface area contributed by atoms with Gasteiger partial charge in [-0.25, -0.2) is 9.59 Å². The Bertz CT molecular complexity index is 1120. The molecular weight excluding hydrogens is 508 g/mol. The Balaban J connectivity index is 1.49. The van der Waals surface area contributed by atoms with E-state index in [-0.39, 0.29) is 34.0 Å². The van der Waals surface area contributed by atoms with Crippen molar-refractivity contribution in [1.82, 2.24) is 18.3 Å². The van der Waals surface area contributed by atoms with Gasteiger partial charge in [-0.2, -0.15) is 0 Å². The number of unbranched alkanes of at least 4 members (excludes halogenated alkanes) is 3. The molecule has 0 saturated heterocycles. The highest BCUT2D eigenvalue weighted by Crippen LogP contribution is 2.30. The van der Waals surface area contributed by atoms with Crippen molar-refractivity contribution < 1.29 is 14.9 Å². The fourth-order valence-corrected chi connectivity index (χ4v) is 5.46.